The number of carbonyl (C=O) groups is 2. The van der Waals surface area contributed by atoms with Gasteiger partial charge in [0, 0.05) is 16.5 Å². The molecular weight excluding hydrogens is 404 g/mol. The van der Waals surface area contributed by atoms with Crippen LogP contribution in [0, 0.1) is 6.92 Å². The van der Waals surface area contributed by atoms with Crippen molar-refractivity contribution in [3.05, 3.63) is 33.2 Å². The minimum atomic E-state index is -0.789. The Labute approximate surface area is 177 Å². The fourth-order valence-electron chi connectivity index (χ4n) is 3.23. The largest absolute Gasteiger partial charge is 0.364 e. The van der Waals surface area contributed by atoms with Gasteiger partial charge in [0.15, 0.2) is 17.2 Å². The van der Waals surface area contributed by atoms with Gasteiger partial charge in [-0.2, -0.15) is 0 Å². The number of aryl methyl sites for hydroxylation is 1. The number of thiophene rings is 1. The van der Waals surface area contributed by atoms with Gasteiger partial charge in [0.25, 0.3) is 5.91 Å². The van der Waals surface area contributed by atoms with Crippen molar-refractivity contribution in [3.8, 4) is 10.7 Å². The van der Waals surface area contributed by atoms with Gasteiger partial charge in [-0.15, -0.1) is 11.3 Å². The lowest BCUT2D eigenvalue weighted by Gasteiger charge is -2.20. The van der Waals surface area contributed by atoms with E-state index >= 15 is 0 Å². The van der Waals surface area contributed by atoms with Gasteiger partial charge in [-0.3, -0.25) is 18.7 Å². The van der Waals surface area contributed by atoms with Crippen molar-refractivity contribution < 1.29 is 9.59 Å². The van der Waals surface area contributed by atoms with Crippen molar-refractivity contribution >= 4 is 34.3 Å². The second kappa shape index (κ2) is 7.67. The lowest BCUT2D eigenvalue weighted by Crippen LogP contribution is -2.43. The van der Waals surface area contributed by atoms with Crippen molar-refractivity contribution in [1.82, 2.24) is 24.4 Å². The van der Waals surface area contributed by atoms with Crippen molar-refractivity contribution in [1.29, 1.82) is 0 Å². The van der Waals surface area contributed by atoms with Crippen LogP contribution in [-0.4, -0.2) is 36.5 Å². The third-order valence-corrected chi connectivity index (χ3v) is 5.32. The first-order chi connectivity index (χ1) is 13.9. The van der Waals surface area contributed by atoms with Gasteiger partial charge in [-0.05, 0) is 53.7 Å². The molecule has 0 aliphatic rings. The van der Waals surface area contributed by atoms with E-state index in [1.807, 2.05) is 53.7 Å². The average Bonchev–Trinajstić information content (AvgIpc) is 3.14. The van der Waals surface area contributed by atoms with Gasteiger partial charge in [-0.25, -0.2) is 14.8 Å². The summed E-state index contributed by atoms with van der Waals surface area (Å²) in [5, 5.41) is 2.82. The number of hydrogen-bond acceptors (Lipinski definition) is 6. The highest BCUT2D eigenvalue weighted by molar-refractivity contribution is 7.15. The van der Waals surface area contributed by atoms with E-state index in [1.54, 1.807) is 0 Å². The van der Waals surface area contributed by atoms with E-state index in [-0.39, 0.29) is 35.4 Å². The van der Waals surface area contributed by atoms with Crippen molar-refractivity contribution in [2.75, 3.05) is 0 Å². The van der Waals surface area contributed by atoms with Crippen LogP contribution in [0.5, 0.6) is 0 Å². The molecule has 0 aliphatic carbocycles. The third-order valence-electron chi connectivity index (χ3n) is 4.33. The zero-order chi connectivity index (χ0) is 22.4. The number of hydrogen-bond donors (Lipinski definition) is 2. The van der Waals surface area contributed by atoms with Crippen LogP contribution in [0.2, 0.25) is 0 Å². The maximum absolute atomic E-state index is 13.2. The minimum Gasteiger partial charge on any atom is -0.364 e. The van der Waals surface area contributed by atoms with Crippen molar-refractivity contribution in [2.24, 2.45) is 5.73 Å². The molecule has 0 saturated carbocycles. The zero-order valence-electron chi connectivity index (χ0n) is 17.9. The number of nitrogens with two attached hydrogens (primary N) is 1. The monoisotopic (exact) mass is 430 g/mol. The number of nitrogens with one attached hydrogen (secondary N) is 1. The molecule has 0 saturated heterocycles. The Kier molecular flexibility index (Phi) is 5.55. The number of nitrogens with zero attached hydrogens (tertiary/aromatic N) is 4. The van der Waals surface area contributed by atoms with Crippen LogP contribution < -0.4 is 16.7 Å². The molecule has 3 heterocycles. The molecule has 3 aromatic heterocycles. The van der Waals surface area contributed by atoms with Crippen LogP contribution in [0.4, 0.5) is 0 Å². The molecule has 160 valence electrons. The zero-order valence-corrected chi connectivity index (χ0v) is 18.8. The molecule has 0 atom stereocenters. The average molecular weight is 431 g/mol. The Hall–Kier alpha value is -3.01. The van der Waals surface area contributed by atoms with Gasteiger partial charge in [0.2, 0.25) is 5.91 Å². The fraction of sp³-hybridized carbons (Fsp3) is 0.450. The van der Waals surface area contributed by atoms with E-state index in [4.69, 9.17) is 5.73 Å². The Morgan fingerprint density at radius 2 is 1.90 bits per heavy atom. The molecule has 10 heteroatoms. The van der Waals surface area contributed by atoms with Crippen LogP contribution in [0.15, 0.2) is 16.9 Å². The van der Waals surface area contributed by atoms with Gasteiger partial charge < -0.3 is 11.1 Å². The lowest BCUT2D eigenvalue weighted by atomic mass is 10.1. The molecule has 9 nitrogen and oxygen atoms in total. The highest BCUT2D eigenvalue weighted by atomic mass is 32.1. The Morgan fingerprint density at radius 3 is 2.40 bits per heavy atom. The first kappa shape index (κ1) is 21.7. The van der Waals surface area contributed by atoms with Gasteiger partial charge >= 0.3 is 5.69 Å². The van der Waals surface area contributed by atoms with Crippen LogP contribution in [0.3, 0.4) is 0 Å². The van der Waals surface area contributed by atoms with Gasteiger partial charge in [-0.1, -0.05) is 0 Å². The molecule has 0 fully saturated rings. The van der Waals surface area contributed by atoms with E-state index < -0.39 is 17.1 Å². The first-order valence-electron chi connectivity index (χ1n) is 9.59. The topological polar surface area (TPSA) is 125 Å². The maximum atomic E-state index is 13.2. The SMILES string of the molecule is Cc1ccc(-c2nc(C(N)=O)c3c(n2)n(C(C)C)c(=O)n3CC(=O)NC(C)(C)C)s1. The molecule has 0 unspecified atom stereocenters. The summed E-state index contributed by atoms with van der Waals surface area (Å²) in [7, 11) is 0. The van der Waals surface area contributed by atoms with E-state index in [9.17, 15) is 14.4 Å². The second-order valence-corrected chi connectivity index (χ2v) is 9.76. The lowest BCUT2D eigenvalue weighted by molar-refractivity contribution is -0.123. The number of amides is 2. The van der Waals surface area contributed by atoms with E-state index in [1.165, 1.54) is 20.5 Å². The molecule has 2 amide bonds. The standard InChI is InChI=1S/C20H26N6O3S/c1-10(2)26-18-15(25(19(26)29)9-13(27)24-20(4,5)6)14(16(21)28)22-17(23-18)12-8-7-11(3)30-12/h7-8,10H,9H2,1-6H3,(H2,21,28)(H,24,27). The summed E-state index contributed by atoms with van der Waals surface area (Å²) < 4.78 is 2.68. The number of carbonyl (C=O) groups excluding carboxylic acids is 2. The van der Waals surface area contributed by atoms with Crippen molar-refractivity contribution in [3.63, 3.8) is 0 Å². The highest BCUT2D eigenvalue weighted by Gasteiger charge is 2.26. The normalized spacial score (nSPS) is 12.0. The molecule has 0 spiro atoms. The number of primary amides is 1. The summed E-state index contributed by atoms with van der Waals surface area (Å²) >= 11 is 1.48. The second-order valence-electron chi connectivity index (χ2n) is 8.47. The van der Waals surface area contributed by atoms with Crippen LogP contribution >= 0.6 is 11.3 Å². The molecule has 0 aromatic carbocycles. The summed E-state index contributed by atoms with van der Waals surface area (Å²) in [5.41, 5.74) is 5.07. The van der Waals surface area contributed by atoms with E-state index in [0.717, 1.165) is 9.75 Å². The first-order valence-corrected chi connectivity index (χ1v) is 10.4. The smallest absolute Gasteiger partial charge is 0.331 e. The minimum absolute atomic E-state index is 0.0823. The van der Waals surface area contributed by atoms with Gasteiger partial charge in [0.1, 0.15) is 12.1 Å². The summed E-state index contributed by atoms with van der Waals surface area (Å²) in [4.78, 5) is 48.8. The summed E-state index contributed by atoms with van der Waals surface area (Å²) in [6.45, 7) is 10.9. The van der Waals surface area contributed by atoms with Crippen LogP contribution in [0.25, 0.3) is 21.9 Å². The van der Waals surface area contributed by atoms with E-state index in [2.05, 4.69) is 15.3 Å². The third kappa shape index (κ3) is 4.13. The molecule has 3 aromatic rings. The quantitative estimate of drug-likeness (QED) is 0.642. The number of rotatable bonds is 5. The molecule has 0 aliphatic heterocycles. The molecule has 3 rings (SSSR count). The molecule has 0 radical (unpaired) electrons. The van der Waals surface area contributed by atoms with E-state index in [0.29, 0.717) is 5.82 Å². The number of aromatic nitrogens is 4. The van der Waals surface area contributed by atoms with Crippen molar-refractivity contribution in [2.45, 2.75) is 59.7 Å². The summed E-state index contributed by atoms with van der Waals surface area (Å²) in [6.07, 6.45) is 0. The summed E-state index contributed by atoms with van der Waals surface area (Å²) in [5.74, 6) is -0.830. The maximum Gasteiger partial charge on any atom is 0.331 e. The number of imidazole rings is 1. The molecule has 30 heavy (non-hydrogen) atoms. The Morgan fingerprint density at radius 1 is 1.23 bits per heavy atom. The highest BCUT2D eigenvalue weighted by Crippen LogP contribution is 2.28. The number of fused-ring (bicyclic) bond motifs is 1. The fourth-order valence-corrected chi connectivity index (χ4v) is 4.03. The molecular formula is C20H26N6O3S. The van der Waals surface area contributed by atoms with Crippen LogP contribution in [-0.2, 0) is 11.3 Å². The molecule has 0 bridgehead atoms. The predicted molar refractivity (Wildman–Crippen MR) is 117 cm³/mol. The molecule has 3 N–H and O–H groups in total. The van der Waals surface area contributed by atoms with Gasteiger partial charge in [0.05, 0.1) is 4.88 Å². The van der Waals surface area contributed by atoms with Crippen LogP contribution in [0.1, 0.15) is 56.0 Å². The predicted octanol–water partition coefficient (Wildman–Crippen LogP) is 2.22. The Balaban J connectivity index is 2.30. The Bertz CT molecular complexity index is 1200. The summed E-state index contributed by atoms with van der Waals surface area (Å²) in [6, 6.07) is 3.53.